The highest BCUT2D eigenvalue weighted by molar-refractivity contribution is 6.30. The molecule has 0 spiro atoms. The van der Waals surface area contributed by atoms with Crippen molar-refractivity contribution in [2.45, 2.75) is 45.3 Å². The van der Waals surface area contributed by atoms with Gasteiger partial charge in [0, 0.05) is 34.8 Å². The van der Waals surface area contributed by atoms with Gasteiger partial charge in [-0.05, 0) is 43.5 Å². The summed E-state index contributed by atoms with van der Waals surface area (Å²) in [4.78, 5) is 0. The van der Waals surface area contributed by atoms with Crippen molar-refractivity contribution in [2.75, 3.05) is 0 Å². The summed E-state index contributed by atoms with van der Waals surface area (Å²) in [6.07, 6.45) is 5.70. The van der Waals surface area contributed by atoms with Crippen LogP contribution in [0.1, 0.15) is 40.4 Å². The number of rotatable bonds is 6. The Hall–Kier alpha value is -2.36. The molecule has 3 nitrogen and oxygen atoms in total. The molecule has 1 N–H and O–H groups in total. The Balaban J connectivity index is 1.42. The van der Waals surface area contributed by atoms with E-state index in [1.807, 2.05) is 18.2 Å². The van der Waals surface area contributed by atoms with Gasteiger partial charge >= 0.3 is 0 Å². The van der Waals surface area contributed by atoms with Crippen molar-refractivity contribution in [1.29, 1.82) is 0 Å². The van der Waals surface area contributed by atoms with Gasteiger partial charge in [0.2, 0.25) is 0 Å². The van der Waals surface area contributed by atoms with Crippen LogP contribution in [0.3, 0.4) is 0 Å². The van der Waals surface area contributed by atoms with Gasteiger partial charge in [0.25, 0.3) is 0 Å². The number of hydrogen-bond donors (Lipinski definition) is 1. The molecule has 1 heterocycles. The summed E-state index contributed by atoms with van der Waals surface area (Å²) < 4.78 is 2.14. The Labute approximate surface area is 172 Å². The lowest BCUT2D eigenvalue weighted by molar-refractivity contribution is 0.558. The van der Waals surface area contributed by atoms with Gasteiger partial charge < -0.3 is 5.32 Å². The molecule has 1 aromatic heterocycles. The SMILES string of the molecule is Cc1nn(Cc2ccccc2)c(C)c1[C@H]1C=C[C@@H](NCc2cccc(Cl)c2)C1. The van der Waals surface area contributed by atoms with Crippen molar-refractivity contribution in [3.05, 3.63) is 99.9 Å². The molecule has 0 unspecified atom stereocenters. The molecule has 0 fully saturated rings. The summed E-state index contributed by atoms with van der Waals surface area (Å²) in [7, 11) is 0. The fourth-order valence-electron chi connectivity index (χ4n) is 4.12. The second-order valence-corrected chi connectivity index (χ2v) is 8.01. The van der Waals surface area contributed by atoms with E-state index in [0.717, 1.165) is 30.2 Å². The van der Waals surface area contributed by atoms with Crippen molar-refractivity contribution in [1.82, 2.24) is 15.1 Å². The van der Waals surface area contributed by atoms with Gasteiger partial charge in [-0.15, -0.1) is 0 Å². The van der Waals surface area contributed by atoms with Gasteiger partial charge in [-0.3, -0.25) is 4.68 Å². The van der Waals surface area contributed by atoms with Crippen LogP contribution in [0.25, 0.3) is 0 Å². The van der Waals surface area contributed by atoms with Crippen LogP contribution in [0.5, 0.6) is 0 Å². The van der Waals surface area contributed by atoms with Crippen LogP contribution in [0.4, 0.5) is 0 Å². The minimum Gasteiger partial charge on any atom is -0.306 e. The van der Waals surface area contributed by atoms with E-state index in [-0.39, 0.29) is 0 Å². The molecule has 144 valence electrons. The van der Waals surface area contributed by atoms with E-state index in [0.29, 0.717) is 12.0 Å². The second-order valence-electron chi connectivity index (χ2n) is 7.57. The first-order valence-electron chi connectivity index (χ1n) is 9.84. The smallest absolute Gasteiger partial charge is 0.0662 e. The van der Waals surface area contributed by atoms with Gasteiger partial charge in [-0.2, -0.15) is 5.10 Å². The Morgan fingerprint density at radius 2 is 1.82 bits per heavy atom. The highest BCUT2D eigenvalue weighted by atomic mass is 35.5. The second kappa shape index (κ2) is 8.34. The number of nitrogens with zero attached hydrogens (tertiary/aromatic N) is 2. The zero-order valence-corrected chi connectivity index (χ0v) is 17.2. The quantitative estimate of drug-likeness (QED) is 0.570. The number of halogens is 1. The third-order valence-electron chi connectivity index (χ3n) is 5.52. The molecule has 3 aromatic rings. The Morgan fingerprint density at radius 3 is 2.61 bits per heavy atom. The lowest BCUT2D eigenvalue weighted by Crippen LogP contribution is -2.25. The normalized spacial score (nSPS) is 18.7. The molecule has 0 radical (unpaired) electrons. The third-order valence-corrected chi connectivity index (χ3v) is 5.76. The van der Waals surface area contributed by atoms with Gasteiger partial charge in [-0.25, -0.2) is 0 Å². The first kappa shape index (κ1) is 19.0. The number of allylic oxidation sites excluding steroid dienone is 1. The van der Waals surface area contributed by atoms with E-state index in [1.165, 1.54) is 22.4 Å². The lowest BCUT2D eigenvalue weighted by atomic mass is 9.96. The molecule has 0 amide bonds. The molecule has 28 heavy (non-hydrogen) atoms. The zero-order valence-electron chi connectivity index (χ0n) is 16.4. The maximum Gasteiger partial charge on any atom is 0.0662 e. The van der Waals surface area contributed by atoms with Gasteiger partial charge in [-0.1, -0.05) is 66.2 Å². The van der Waals surface area contributed by atoms with Crippen molar-refractivity contribution in [2.24, 2.45) is 0 Å². The van der Waals surface area contributed by atoms with Crippen molar-refractivity contribution < 1.29 is 0 Å². The largest absolute Gasteiger partial charge is 0.306 e. The fraction of sp³-hybridized carbons (Fsp3) is 0.292. The zero-order chi connectivity index (χ0) is 19.5. The van der Waals surface area contributed by atoms with Gasteiger partial charge in [0.1, 0.15) is 0 Å². The van der Waals surface area contributed by atoms with E-state index in [1.54, 1.807) is 0 Å². The molecule has 4 heteroatoms. The maximum atomic E-state index is 6.09. The van der Waals surface area contributed by atoms with Gasteiger partial charge in [0.05, 0.1) is 12.2 Å². The highest BCUT2D eigenvalue weighted by Gasteiger charge is 2.25. The monoisotopic (exact) mass is 391 g/mol. The Kier molecular flexibility index (Phi) is 5.65. The van der Waals surface area contributed by atoms with Crippen LogP contribution in [0.2, 0.25) is 5.02 Å². The molecule has 1 aliphatic rings. The van der Waals surface area contributed by atoms with Crippen LogP contribution >= 0.6 is 11.6 Å². The number of hydrogen-bond acceptors (Lipinski definition) is 2. The van der Waals surface area contributed by atoms with Crippen LogP contribution in [0, 0.1) is 13.8 Å². The average molecular weight is 392 g/mol. The summed E-state index contributed by atoms with van der Waals surface area (Å²) in [5.41, 5.74) is 6.28. The fourth-order valence-corrected chi connectivity index (χ4v) is 4.33. The van der Waals surface area contributed by atoms with E-state index in [2.05, 4.69) is 72.4 Å². The van der Waals surface area contributed by atoms with E-state index < -0.39 is 0 Å². The van der Waals surface area contributed by atoms with Crippen LogP contribution in [0.15, 0.2) is 66.7 Å². The molecule has 0 saturated heterocycles. The maximum absolute atomic E-state index is 6.09. The summed E-state index contributed by atoms with van der Waals surface area (Å²) in [6.45, 7) is 5.97. The summed E-state index contributed by atoms with van der Waals surface area (Å²) in [6, 6.07) is 18.9. The number of benzene rings is 2. The van der Waals surface area contributed by atoms with E-state index >= 15 is 0 Å². The number of nitrogens with one attached hydrogen (secondary N) is 1. The average Bonchev–Trinajstić information content (AvgIpc) is 3.25. The first-order valence-corrected chi connectivity index (χ1v) is 10.2. The molecular weight excluding hydrogens is 366 g/mol. The highest BCUT2D eigenvalue weighted by Crippen LogP contribution is 2.33. The molecule has 4 rings (SSSR count). The minimum absolute atomic E-state index is 0.375. The standard InChI is InChI=1S/C24H26ClN3/c1-17-24(18(2)28(27-17)16-19-7-4-3-5-8-19)21-11-12-23(14-21)26-15-20-9-6-10-22(25)13-20/h3-13,21,23,26H,14-16H2,1-2H3/t21-,23+/m0/s1. The molecule has 0 bridgehead atoms. The Morgan fingerprint density at radius 1 is 1.04 bits per heavy atom. The van der Waals surface area contributed by atoms with Crippen LogP contribution < -0.4 is 5.32 Å². The predicted molar refractivity (Wildman–Crippen MR) is 116 cm³/mol. The van der Waals surface area contributed by atoms with Gasteiger partial charge in [0.15, 0.2) is 0 Å². The van der Waals surface area contributed by atoms with E-state index in [9.17, 15) is 0 Å². The van der Waals surface area contributed by atoms with E-state index in [4.69, 9.17) is 16.7 Å². The molecular formula is C24H26ClN3. The third kappa shape index (κ3) is 4.21. The molecule has 0 saturated carbocycles. The van der Waals surface area contributed by atoms with Crippen LogP contribution in [-0.4, -0.2) is 15.8 Å². The predicted octanol–water partition coefficient (Wildman–Crippen LogP) is 5.40. The summed E-state index contributed by atoms with van der Waals surface area (Å²) >= 11 is 6.09. The van der Waals surface area contributed by atoms with Crippen molar-refractivity contribution in [3.8, 4) is 0 Å². The summed E-state index contributed by atoms with van der Waals surface area (Å²) in [5.74, 6) is 0.418. The molecule has 2 atom stereocenters. The van der Waals surface area contributed by atoms with Crippen molar-refractivity contribution in [3.63, 3.8) is 0 Å². The molecule has 0 aliphatic heterocycles. The van der Waals surface area contributed by atoms with Crippen LogP contribution in [-0.2, 0) is 13.1 Å². The molecule has 2 aromatic carbocycles. The summed E-state index contributed by atoms with van der Waals surface area (Å²) in [5, 5.41) is 9.25. The lowest BCUT2D eigenvalue weighted by Gasteiger charge is -2.15. The topological polar surface area (TPSA) is 29.9 Å². The number of aromatic nitrogens is 2. The first-order chi connectivity index (χ1) is 13.6. The minimum atomic E-state index is 0.375. The molecule has 1 aliphatic carbocycles. The van der Waals surface area contributed by atoms with Crippen molar-refractivity contribution >= 4 is 11.6 Å². The number of aryl methyl sites for hydroxylation is 1. The Bertz CT molecular complexity index is 975.